The van der Waals surface area contributed by atoms with Crippen LogP contribution in [0.2, 0.25) is 0 Å². The highest BCUT2D eigenvalue weighted by Crippen LogP contribution is 2.46. The van der Waals surface area contributed by atoms with E-state index in [1.807, 2.05) is 0 Å². The highest BCUT2D eigenvalue weighted by molar-refractivity contribution is 7.98. The van der Waals surface area contributed by atoms with Gasteiger partial charge in [-0.25, -0.2) is 4.98 Å². The first-order chi connectivity index (χ1) is 11.9. The topological polar surface area (TPSA) is 12.9 Å². The number of rotatable bonds is 1. The van der Waals surface area contributed by atoms with E-state index in [0.29, 0.717) is 0 Å². The molecule has 24 heavy (non-hydrogen) atoms. The van der Waals surface area contributed by atoms with Gasteiger partial charge in [-0.2, -0.15) is 0 Å². The number of benzene rings is 2. The van der Waals surface area contributed by atoms with E-state index in [4.69, 9.17) is 4.98 Å². The third-order valence-corrected chi connectivity index (χ3v) is 6.07. The summed E-state index contributed by atoms with van der Waals surface area (Å²) in [4.78, 5) is 5.11. The smallest absolute Gasteiger partial charge is 0.104 e. The zero-order chi connectivity index (χ0) is 16.1. The van der Waals surface area contributed by atoms with Crippen LogP contribution in [0.3, 0.4) is 0 Å². The molecule has 0 saturated heterocycles. The highest BCUT2D eigenvalue weighted by Gasteiger charge is 2.28. The van der Waals surface area contributed by atoms with Gasteiger partial charge in [-0.05, 0) is 59.8 Å². The number of thioether (sulfide) groups is 1. The Bertz CT molecular complexity index is 900. The van der Waals surface area contributed by atoms with Crippen molar-refractivity contribution in [1.29, 1.82) is 0 Å². The van der Waals surface area contributed by atoms with E-state index >= 15 is 0 Å². The van der Waals surface area contributed by atoms with E-state index in [-0.39, 0.29) is 0 Å². The van der Waals surface area contributed by atoms with Gasteiger partial charge in [0.2, 0.25) is 0 Å². The second kappa shape index (κ2) is 5.49. The molecule has 1 heterocycles. The van der Waals surface area contributed by atoms with Crippen LogP contribution in [0, 0.1) is 0 Å². The number of hydrogen-bond donors (Lipinski definition) is 0. The molecule has 0 N–H and O–H groups in total. The van der Waals surface area contributed by atoms with Crippen LogP contribution in [0.5, 0.6) is 0 Å². The third-order valence-electron chi connectivity index (χ3n) is 5.38. The lowest BCUT2D eigenvalue weighted by atomic mass is 9.78. The number of pyridine rings is 1. The molecule has 2 aliphatic rings. The minimum Gasteiger partial charge on any atom is -0.245 e. The largest absolute Gasteiger partial charge is 0.245 e. The Morgan fingerprint density at radius 1 is 0.750 bits per heavy atom. The molecule has 2 heteroatoms. The maximum absolute atomic E-state index is 5.11. The fraction of sp³-hybridized carbons (Fsp3) is 0.227. The first kappa shape index (κ1) is 14.3. The second-order valence-electron chi connectivity index (χ2n) is 6.61. The van der Waals surface area contributed by atoms with Gasteiger partial charge in [0.15, 0.2) is 0 Å². The van der Waals surface area contributed by atoms with E-state index in [0.717, 1.165) is 25.7 Å². The molecule has 0 fully saturated rings. The van der Waals surface area contributed by atoms with E-state index < -0.39 is 0 Å². The highest BCUT2D eigenvalue weighted by atomic mass is 32.2. The Morgan fingerprint density at radius 3 is 2.08 bits per heavy atom. The van der Waals surface area contributed by atoms with Gasteiger partial charge in [-0.15, -0.1) is 11.8 Å². The van der Waals surface area contributed by atoms with Crippen LogP contribution in [-0.2, 0) is 25.7 Å². The van der Waals surface area contributed by atoms with Gasteiger partial charge >= 0.3 is 0 Å². The quantitative estimate of drug-likeness (QED) is 0.559. The predicted octanol–water partition coefficient (Wildman–Crippen LogP) is 5.33. The summed E-state index contributed by atoms with van der Waals surface area (Å²) in [7, 11) is 0. The van der Waals surface area contributed by atoms with E-state index in [9.17, 15) is 0 Å². The normalized spacial score (nSPS) is 14.4. The van der Waals surface area contributed by atoms with Gasteiger partial charge in [-0.3, -0.25) is 0 Å². The second-order valence-corrected chi connectivity index (χ2v) is 7.41. The number of aryl methyl sites for hydroxylation is 3. The number of nitrogens with zero attached hydrogens (tertiary/aromatic N) is 1. The third kappa shape index (κ3) is 1.99. The van der Waals surface area contributed by atoms with Gasteiger partial charge in [0.05, 0.1) is 5.69 Å². The minimum atomic E-state index is 1.06. The summed E-state index contributed by atoms with van der Waals surface area (Å²) in [6.45, 7) is 0. The van der Waals surface area contributed by atoms with Crippen molar-refractivity contribution in [1.82, 2.24) is 4.98 Å². The molecule has 0 amide bonds. The molecular formula is C22H19NS. The zero-order valence-electron chi connectivity index (χ0n) is 13.8. The maximum Gasteiger partial charge on any atom is 0.104 e. The average molecular weight is 329 g/mol. The molecule has 2 aromatic carbocycles. The first-order valence-corrected chi connectivity index (χ1v) is 9.85. The molecule has 0 atom stereocenters. The van der Waals surface area contributed by atoms with Gasteiger partial charge in [0.1, 0.15) is 5.03 Å². The lowest BCUT2D eigenvalue weighted by Gasteiger charge is -2.29. The van der Waals surface area contributed by atoms with E-state index in [2.05, 4.69) is 54.8 Å². The fourth-order valence-corrected chi connectivity index (χ4v) is 4.95. The van der Waals surface area contributed by atoms with Crippen LogP contribution in [-0.4, -0.2) is 11.2 Å². The van der Waals surface area contributed by atoms with Crippen molar-refractivity contribution in [2.75, 3.05) is 6.26 Å². The van der Waals surface area contributed by atoms with Crippen molar-refractivity contribution in [3.05, 3.63) is 70.9 Å². The first-order valence-electron chi connectivity index (χ1n) is 8.63. The van der Waals surface area contributed by atoms with Crippen LogP contribution in [0.4, 0.5) is 0 Å². The van der Waals surface area contributed by atoms with Crippen LogP contribution >= 0.6 is 11.8 Å². The summed E-state index contributed by atoms with van der Waals surface area (Å²) in [6, 6.07) is 17.8. The molecule has 0 radical (unpaired) electrons. The molecule has 1 nitrogen and oxygen atoms in total. The average Bonchev–Trinajstić information content (AvgIpc) is 2.66. The van der Waals surface area contributed by atoms with E-state index in [1.54, 1.807) is 11.8 Å². The van der Waals surface area contributed by atoms with Crippen LogP contribution in [0.15, 0.2) is 53.6 Å². The molecule has 2 aliphatic carbocycles. The molecule has 5 rings (SSSR count). The minimum absolute atomic E-state index is 1.06. The monoisotopic (exact) mass is 329 g/mol. The lowest BCUT2D eigenvalue weighted by Crippen LogP contribution is -2.14. The molecular weight excluding hydrogens is 310 g/mol. The standard InChI is InChI=1S/C22H19NS/c1-24-22-21-17-9-5-3-6-14(17)10-12-18(21)20-16-8-4-2-7-15(16)11-13-19(20)23-22/h2-9H,10-13H2,1H3. The zero-order valence-corrected chi connectivity index (χ0v) is 14.6. The van der Waals surface area contributed by atoms with Crippen LogP contribution < -0.4 is 0 Å². The summed E-state index contributed by atoms with van der Waals surface area (Å²) in [5.41, 5.74) is 11.4. The molecule has 0 unspecified atom stereocenters. The van der Waals surface area contributed by atoms with Gasteiger partial charge < -0.3 is 0 Å². The van der Waals surface area contributed by atoms with Crippen molar-refractivity contribution in [2.45, 2.75) is 30.7 Å². The lowest BCUT2D eigenvalue weighted by molar-refractivity contribution is 0.842. The number of fused-ring (bicyclic) bond motifs is 7. The Morgan fingerprint density at radius 2 is 1.38 bits per heavy atom. The van der Waals surface area contributed by atoms with Crippen molar-refractivity contribution in [3.63, 3.8) is 0 Å². The molecule has 0 bridgehead atoms. The summed E-state index contributed by atoms with van der Waals surface area (Å²) in [5.74, 6) is 0. The summed E-state index contributed by atoms with van der Waals surface area (Å²) in [5, 5.41) is 1.20. The van der Waals surface area contributed by atoms with Crippen LogP contribution in [0.1, 0.15) is 22.4 Å². The van der Waals surface area contributed by atoms with Crippen molar-refractivity contribution in [2.24, 2.45) is 0 Å². The Balaban J connectivity index is 1.87. The van der Waals surface area contributed by atoms with Crippen molar-refractivity contribution in [3.8, 4) is 22.3 Å². The van der Waals surface area contributed by atoms with Gasteiger partial charge in [-0.1, -0.05) is 48.5 Å². The SMILES string of the molecule is CSc1nc2c(c3c1-c1ccccc1CC3)-c1ccccc1CC2. The Kier molecular flexibility index (Phi) is 3.27. The molecule has 118 valence electrons. The summed E-state index contributed by atoms with van der Waals surface area (Å²) < 4.78 is 0. The van der Waals surface area contributed by atoms with Crippen LogP contribution in [0.25, 0.3) is 22.3 Å². The number of hydrogen-bond acceptors (Lipinski definition) is 2. The summed E-state index contributed by atoms with van der Waals surface area (Å²) >= 11 is 1.79. The molecule has 0 saturated carbocycles. The summed E-state index contributed by atoms with van der Waals surface area (Å²) in [6.07, 6.45) is 6.59. The van der Waals surface area contributed by atoms with Gasteiger partial charge in [0.25, 0.3) is 0 Å². The van der Waals surface area contributed by atoms with Crippen molar-refractivity contribution < 1.29 is 0 Å². The Labute approximate surface area is 147 Å². The number of aromatic nitrogens is 1. The Hall–Kier alpha value is -2.06. The van der Waals surface area contributed by atoms with Crippen molar-refractivity contribution >= 4 is 11.8 Å². The maximum atomic E-state index is 5.11. The predicted molar refractivity (Wildman–Crippen MR) is 102 cm³/mol. The van der Waals surface area contributed by atoms with E-state index in [1.165, 1.54) is 49.7 Å². The fourth-order valence-electron chi connectivity index (χ4n) is 4.31. The molecule has 1 aromatic heterocycles. The van der Waals surface area contributed by atoms with Gasteiger partial charge in [0, 0.05) is 11.1 Å². The molecule has 3 aromatic rings. The molecule has 0 aliphatic heterocycles. The molecule has 0 spiro atoms.